The number of carbonyl (C=O) groups is 1. The van der Waals surface area contributed by atoms with Gasteiger partial charge in [-0.05, 0) is 37.6 Å². The molecular weight excluding hydrogens is 259 g/mol. The van der Waals surface area contributed by atoms with Crippen molar-refractivity contribution in [3.05, 3.63) is 40.6 Å². The molecule has 0 saturated carbocycles. The zero-order chi connectivity index (χ0) is 14.4. The van der Waals surface area contributed by atoms with E-state index in [-0.39, 0.29) is 16.5 Å². The van der Waals surface area contributed by atoms with Crippen molar-refractivity contribution in [1.82, 2.24) is 4.98 Å². The van der Waals surface area contributed by atoms with Gasteiger partial charge in [-0.25, -0.2) is 4.79 Å². The van der Waals surface area contributed by atoms with Gasteiger partial charge < -0.3 is 5.11 Å². The summed E-state index contributed by atoms with van der Waals surface area (Å²) >= 11 is 0. The van der Waals surface area contributed by atoms with E-state index in [1.54, 1.807) is 6.92 Å². The van der Waals surface area contributed by atoms with Crippen LogP contribution in [-0.2, 0) is 6.18 Å². The van der Waals surface area contributed by atoms with Gasteiger partial charge in [0.1, 0.15) is 0 Å². The molecule has 3 nitrogen and oxygen atoms in total. The Morgan fingerprint density at radius 3 is 2.42 bits per heavy atom. The Hall–Kier alpha value is -2.11. The first-order chi connectivity index (χ1) is 8.71. The summed E-state index contributed by atoms with van der Waals surface area (Å²) in [7, 11) is 0. The van der Waals surface area contributed by atoms with Crippen LogP contribution < -0.4 is 0 Å². The van der Waals surface area contributed by atoms with Crippen molar-refractivity contribution in [2.45, 2.75) is 20.0 Å². The number of aromatic nitrogens is 1. The summed E-state index contributed by atoms with van der Waals surface area (Å²) in [4.78, 5) is 15.4. The van der Waals surface area contributed by atoms with Crippen molar-refractivity contribution in [2.75, 3.05) is 0 Å². The number of carboxylic acids is 1. The average Bonchev–Trinajstić information content (AvgIpc) is 2.28. The van der Waals surface area contributed by atoms with E-state index in [0.29, 0.717) is 11.3 Å². The van der Waals surface area contributed by atoms with Crippen LogP contribution in [0.4, 0.5) is 13.2 Å². The highest BCUT2D eigenvalue weighted by Crippen LogP contribution is 2.33. The fourth-order valence-electron chi connectivity index (χ4n) is 1.93. The average molecular weight is 269 g/mol. The third-order valence-electron chi connectivity index (χ3n) is 3.01. The summed E-state index contributed by atoms with van der Waals surface area (Å²) in [5, 5.41) is 9.18. The molecule has 1 aromatic carbocycles. The van der Waals surface area contributed by atoms with Gasteiger partial charge >= 0.3 is 12.1 Å². The van der Waals surface area contributed by atoms with E-state index in [9.17, 15) is 23.1 Å². The molecule has 19 heavy (non-hydrogen) atoms. The van der Waals surface area contributed by atoms with E-state index in [0.717, 1.165) is 12.1 Å². The maximum absolute atomic E-state index is 12.7. The molecule has 0 aliphatic heterocycles. The molecule has 2 rings (SSSR count). The van der Waals surface area contributed by atoms with Gasteiger partial charge in [-0.2, -0.15) is 13.2 Å². The van der Waals surface area contributed by atoms with E-state index in [2.05, 4.69) is 4.98 Å². The number of halogens is 3. The van der Waals surface area contributed by atoms with Crippen molar-refractivity contribution in [2.24, 2.45) is 0 Å². The molecule has 0 unspecified atom stereocenters. The van der Waals surface area contributed by atoms with Crippen LogP contribution >= 0.6 is 0 Å². The van der Waals surface area contributed by atoms with Gasteiger partial charge in [0.2, 0.25) is 0 Å². The molecule has 0 aliphatic carbocycles. The maximum Gasteiger partial charge on any atom is 0.416 e. The molecule has 0 saturated heterocycles. The molecule has 0 fully saturated rings. The monoisotopic (exact) mass is 269 g/mol. The number of benzene rings is 1. The Labute approximate surface area is 106 Å². The van der Waals surface area contributed by atoms with Crippen LogP contribution in [-0.4, -0.2) is 16.1 Å². The van der Waals surface area contributed by atoms with Crippen molar-refractivity contribution < 1.29 is 23.1 Å². The minimum atomic E-state index is -4.51. The lowest BCUT2D eigenvalue weighted by Crippen LogP contribution is -2.08. The highest BCUT2D eigenvalue weighted by Gasteiger charge is 2.31. The molecule has 1 N–H and O–H groups in total. The highest BCUT2D eigenvalue weighted by molar-refractivity contribution is 6.04. The number of pyridine rings is 1. The first-order valence-electron chi connectivity index (χ1n) is 5.43. The van der Waals surface area contributed by atoms with E-state index in [4.69, 9.17) is 0 Å². The standard InChI is InChI=1S/C13H10F3NO2/c1-6-7(2)17-10-4-3-8(13(14,15)16)5-9(10)11(6)12(18)19/h3-5H,1-2H3,(H,18,19). The third-order valence-corrected chi connectivity index (χ3v) is 3.01. The van der Waals surface area contributed by atoms with Crippen molar-refractivity contribution in [3.63, 3.8) is 0 Å². The fraction of sp³-hybridized carbons (Fsp3) is 0.231. The summed E-state index contributed by atoms with van der Waals surface area (Å²) in [5.74, 6) is -1.26. The first kappa shape index (κ1) is 13.3. The van der Waals surface area contributed by atoms with Crippen molar-refractivity contribution in [3.8, 4) is 0 Å². The number of nitrogens with zero attached hydrogens (tertiary/aromatic N) is 1. The van der Waals surface area contributed by atoms with Crippen LogP contribution in [0, 0.1) is 13.8 Å². The predicted molar refractivity (Wildman–Crippen MR) is 63.2 cm³/mol. The van der Waals surface area contributed by atoms with E-state index < -0.39 is 17.7 Å². The Morgan fingerprint density at radius 2 is 1.89 bits per heavy atom. The number of aryl methyl sites for hydroxylation is 1. The number of rotatable bonds is 1. The molecule has 0 amide bonds. The van der Waals surface area contributed by atoms with Gasteiger partial charge in [-0.1, -0.05) is 0 Å². The highest BCUT2D eigenvalue weighted by atomic mass is 19.4. The second kappa shape index (κ2) is 4.22. The second-order valence-electron chi connectivity index (χ2n) is 4.23. The van der Waals surface area contributed by atoms with Gasteiger partial charge in [0, 0.05) is 11.1 Å². The zero-order valence-corrected chi connectivity index (χ0v) is 10.2. The summed E-state index contributed by atoms with van der Waals surface area (Å²) in [5.41, 5.74) is 0.0960. The molecule has 1 heterocycles. The summed E-state index contributed by atoms with van der Waals surface area (Å²) in [6.07, 6.45) is -4.51. The zero-order valence-electron chi connectivity index (χ0n) is 10.2. The van der Waals surface area contributed by atoms with Crippen LogP contribution in [0.3, 0.4) is 0 Å². The fourth-order valence-corrected chi connectivity index (χ4v) is 1.93. The molecule has 0 bridgehead atoms. The molecule has 1 aromatic heterocycles. The van der Waals surface area contributed by atoms with Gasteiger partial charge in [0.25, 0.3) is 0 Å². The van der Waals surface area contributed by atoms with Crippen molar-refractivity contribution in [1.29, 1.82) is 0 Å². The Bertz CT molecular complexity index is 678. The molecule has 0 atom stereocenters. The number of aromatic carboxylic acids is 1. The minimum absolute atomic E-state index is 0.00502. The van der Waals surface area contributed by atoms with E-state index >= 15 is 0 Å². The van der Waals surface area contributed by atoms with Crippen LogP contribution in [0.15, 0.2) is 18.2 Å². The predicted octanol–water partition coefficient (Wildman–Crippen LogP) is 3.57. The lowest BCUT2D eigenvalue weighted by molar-refractivity contribution is -0.137. The Morgan fingerprint density at radius 1 is 1.26 bits per heavy atom. The molecule has 2 aromatic rings. The summed E-state index contributed by atoms with van der Waals surface area (Å²) < 4.78 is 38.0. The van der Waals surface area contributed by atoms with Gasteiger partial charge in [0.15, 0.2) is 0 Å². The topological polar surface area (TPSA) is 50.2 Å². The van der Waals surface area contributed by atoms with E-state index in [1.165, 1.54) is 13.0 Å². The third kappa shape index (κ3) is 2.25. The van der Waals surface area contributed by atoms with Crippen molar-refractivity contribution >= 4 is 16.9 Å². The largest absolute Gasteiger partial charge is 0.478 e. The molecule has 100 valence electrons. The number of fused-ring (bicyclic) bond motifs is 1. The summed E-state index contributed by atoms with van der Waals surface area (Å²) in [6, 6.07) is 2.92. The smallest absolute Gasteiger partial charge is 0.416 e. The number of hydrogen-bond donors (Lipinski definition) is 1. The molecule has 0 aliphatic rings. The van der Waals surface area contributed by atoms with Gasteiger partial charge in [-0.3, -0.25) is 4.98 Å². The van der Waals surface area contributed by atoms with Crippen LogP contribution in [0.1, 0.15) is 27.2 Å². The number of carboxylic acid groups (broad SMARTS) is 1. The number of hydrogen-bond acceptors (Lipinski definition) is 2. The van der Waals surface area contributed by atoms with Gasteiger partial charge in [0.05, 0.1) is 16.6 Å². The molecule has 0 spiro atoms. The Balaban J connectivity index is 2.87. The normalized spacial score (nSPS) is 11.8. The minimum Gasteiger partial charge on any atom is -0.478 e. The first-order valence-corrected chi connectivity index (χ1v) is 5.43. The van der Waals surface area contributed by atoms with E-state index in [1.807, 2.05) is 0 Å². The van der Waals surface area contributed by atoms with Crippen LogP contribution in [0.2, 0.25) is 0 Å². The lowest BCUT2D eigenvalue weighted by atomic mass is 10.00. The Kier molecular flexibility index (Phi) is 2.96. The maximum atomic E-state index is 12.7. The van der Waals surface area contributed by atoms with Gasteiger partial charge in [-0.15, -0.1) is 0 Å². The second-order valence-corrected chi connectivity index (χ2v) is 4.23. The quantitative estimate of drug-likeness (QED) is 0.861. The number of alkyl halides is 3. The summed E-state index contributed by atoms with van der Waals surface area (Å²) in [6.45, 7) is 3.16. The molecule has 6 heteroatoms. The molecular formula is C13H10F3NO2. The van der Waals surface area contributed by atoms with Crippen LogP contribution in [0.25, 0.3) is 10.9 Å². The lowest BCUT2D eigenvalue weighted by Gasteiger charge is -2.12. The van der Waals surface area contributed by atoms with Crippen LogP contribution in [0.5, 0.6) is 0 Å². The molecule has 0 radical (unpaired) electrons. The SMILES string of the molecule is Cc1nc2ccc(C(F)(F)F)cc2c(C(=O)O)c1C.